The summed E-state index contributed by atoms with van der Waals surface area (Å²) in [7, 11) is 1.95. The molecule has 0 aliphatic carbocycles. The van der Waals surface area contributed by atoms with Crippen LogP contribution in [-0.4, -0.2) is 42.5 Å². The molecule has 3 aromatic rings. The van der Waals surface area contributed by atoms with E-state index in [1.54, 1.807) is 24.3 Å². The SMILES string of the molecule is CCOCCCC1C(=O)N=c2[nH]n(-c3ccccc3Cl)c(=O)c2=C1CN(C)c1ccccc1. The number of nitrogens with one attached hydrogen (secondary N) is 1. The van der Waals surface area contributed by atoms with Crippen LogP contribution < -0.4 is 21.2 Å². The van der Waals surface area contributed by atoms with Crippen molar-refractivity contribution in [2.75, 3.05) is 31.7 Å². The lowest BCUT2D eigenvalue weighted by Crippen LogP contribution is -2.46. The number of nitrogens with zero attached hydrogens (tertiary/aromatic N) is 3. The summed E-state index contributed by atoms with van der Waals surface area (Å²) in [5.74, 6) is -0.727. The van der Waals surface area contributed by atoms with E-state index in [-0.39, 0.29) is 17.0 Å². The molecule has 1 aromatic heterocycles. The Labute approximate surface area is 197 Å². The summed E-state index contributed by atoms with van der Waals surface area (Å²) in [5, 5.41) is 3.87. The standard InChI is InChI=1S/C25H27ClN4O3/c1-3-33-15-9-12-18-19(16-29(2)17-10-5-4-6-11-17)22-23(27-24(18)31)28-30(25(22)32)21-14-8-7-13-20(21)26/h4-8,10-11,13-14,18H,3,9,12,15-16H2,1-2H3,(H,27,28,31). The molecule has 0 bridgehead atoms. The summed E-state index contributed by atoms with van der Waals surface area (Å²) >= 11 is 6.34. The van der Waals surface area contributed by atoms with Crippen molar-refractivity contribution in [2.45, 2.75) is 19.8 Å². The highest BCUT2D eigenvalue weighted by Crippen LogP contribution is 2.24. The summed E-state index contributed by atoms with van der Waals surface area (Å²) < 4.78 is 6.84. The van der Waals surface area contributed by atoms with E-state index < -0.39 is 5.92 Å². The summed E-state index contributed by atoms with van der Waals surface area (Å²) in [6.45, 7) is 3.55. The van der Waals surface area contributed by atoms with Crippen molar-refractivity contribution in [3.05, 3.63) is 80.7 Å². The fourth-order valence-electron chi connectivity index (χ4n) is 4.16. The number of halogens is 1. The maximum absolute atomic E-state index is 13.6. The molecule has 1 atom stereocenters. The Hall–Kier alpha value is -3.16. The molecule has 0 saturated heterocycles. The highest BCUT2D eigenvalue weighted by molar-refractivity contribution is 6.32. The van der Waals surface area contributed by atoms with Crippen molar-refractivity contribution < 1.29 is 9.53 Å². The summed E-state index contributed by atoms with van der Waals surface area (Å²) in [4.78, 5) is 32.9. The van der Waals surface area contributed by atoms with E-state index in [1.165, 1.54) is 4.68 Å². The van der Waals surface area contributed by atoms with Gasteiger partial charge in [-0.1, -0.05) is 41.9 Å². The van der Waals surface area contributed by atoms with Gasteiger partial charge < -0.3 is 9.64 Å². The third-order valence-corrected chi connectivity index (χ3v) is 6.14. The fraction of sp³-hybridized carbons (Fsp3) is 0.320. The van der Waals surface area contributed by atoms with Crippen LogP contribution in [0.25, 0.3) is 11.3 Å². The largest absolute Gasteiger partial charge is 0.382 e. The number of H-pyrrole nitrogens is 1. The van der Waals surface area contributed by atoms with Gasteiger partial charge >= 0.3 is 0 Å². The zero-order chi connectivity index (χ0) is 23.4. The van der Waals surface area contributed by atoms with Crippen LogP contribution in [0.4, 0.5) is 5.69 Å². The molecule has 1 N–H and O–H groups in total. The number of hydrogen-bond acceptors (Lipinski definition) is 4. The number of anilines is 1. The molecule has 0 radical (unpaired) electrons. The van der Waals surface area contributed by atoms with Crippen molar-refractivity contribution in [2.24, 2.45) is 10.9 Å². The maximum atomic E-state index is 13.6. The minimum Gasteiger partial charge on any atom is -0.382 e. The predicted molar refractivity (Wildman–Crippen MR) is 130 cm³/mol. The van der Waals surface area contributed by atoms with Gasteiger partial charge in [-0.3, -0.25) is 14.7 Å². The number of carbonyl (C=O) groups excluding carboxylic acids is 1. The first kappa shape index (κ1) is 23.0. The van der Waals surface area contributed by atoms with Gasteiger partial charge in [0, 0.05) is 32.5 Å². The van der Waals surface area contributed by atoms with Gasteiger partial charge in [0.1, 0.15) is 0 Å². The van der Waals surface area contributed by atoms with Crippen LogP contribution in [0.2, 0.25) is 5.02 Å². The van der Waals surface area contributed by atoms with Crippen LogP contribution in [0.5, 0.6) is 0 Å². The Morgan fingerprint density at radius 3 is 2.58 bits per heavy atom. The molecule has 172 valence electrons. The van der Waals surface area contributed by atoms with Gasteiger partial charge in [-0.15, -0.1) is 0 Å². The quantitative estimate of drug-likeness (QED) is 0.492. The van der Waals surface area contributed by atoms with Crippen LogP contribution in [-0.2, 0) is 9.53 Å². The smallest absolute Gasteiger partial charge is 0.280 e. The van der Waals surface area contributed by atoms with Crippen molar-refractivity contribution in [3.63, 3.8) is 0 Å². The zero-order valence-electron chi connectivity index (χ0n) is 18.8. The van der Waals surface area contributed by atoms with Crippen LogP contribution in [0.1, 0.15) is 19.8 Å². The number of ether oxygens (including phenoxy) is 1. The summed E-state index contributed by atoms with van der Waals surface area (Å²) in [6, 6.07) is 17.0. The molecule has 2 heterocycles. The molecule has 1 amide bonds. The normalized spacial score (nSPS) is 15.3. The van der Waals surface area contributed by atoms with E-state index in [9.17, 15) is 9.59 Å². The topological polar surface area (TPSA) is 79.7 Å². The minimum atomic E-state index is -0.479. The van der Waals surface area contributed by atoms with Crippen molar-refractivity contribution in [1.29, 1.82) is 0 Å². The van der Waals surface area contributed by atoms with Gasteiger partial charge in [-0.05, 0) is 49.6 Å². The number of benzene rings is 2. The molecule has 33 heavy (non-hydrogen) atoms. The Morgan fingerprint density at radius 2 is 1.85 bits per heavy atom. The molecule has 8 heteroatoms. The molecular weight excluding hydrogens is 440 g/mol. The van der Waals surface area contributed by atoms with E-state index in [0.29, 0.717) is 48.5 Å². The average molecular weight is 467 g/mol. The highest BCUT2D eigenvalue weighted by Gasteiger charge is 2.30. The van der Waals surface area contributed by atoms with Crippen LogP contribution in [0.15, 0.2) is 64.4 Å². The number of carbonyl (C=O) groups is 1. The zero-order valence-corrected chi connectivity index (χ0v) is 19.5. The van der Waals surface area contributed by atoms with E-state index in [2.05, 4.69) is 10.1 Å². The molecule has 4 rings (SSSR count). The van der Waals surface area contributed by atoms with Crippen molar-refractivity contribution >= 4 is 28.8 Å². The van der Waals surface area contributed by atoms with Crippen molar-refractivity contribution in [1.82, 2.24) is 9.78 Å². The van der Waals surface area contributed by atoms with Crippen molar-refractivity contribution in [3.8, 4) is 5.69 Å². The second-order valence-electron chi connectivity index (χ2n) is 7.99. The second kappa shape index (κ2) is 10.2. The molecule has 7 nitrogen and oxygen atoms in total. The Bertz CT molecular complexity index is 1310. The Kier molecular flexibility index (Phi) is 7.11. The van der Waals surface area contributed by atoms with Gasteiger partial charge in [0.25, 0.3) is 11.5 Å². The van der Waals surface area contributed by atoms with Gasteiger partial charge in [0.2, 0.25) is 0 Å². The number of para-hydroxylation sites is 2. The first-order chi connectivity index (χ1) is 16.0. The number of amides is 1. The molecule has 0 spiro atoms. The monoisotopic (exact) mass is 466 g/mol. The number of fused-ring (bicyclic) bond motifs is 1. The number of aromatic amines is 1. The van der Waals surface area contributed by atoms with Crippen LogP contribution >= 0.6 is 11.6 Å². The first-order valence-electron chi connectivity index (χ1n) is 11.1. The lowest BCUT2D eigenvalue weighted by molar-refractivity contribution is -0.120. The molecule has 0 fully saturated rings. The second-order valence-corrected chi connectivity index (χ2v) is 8.39. The van der Waals surface area contributed by atoms with Crippen LogP contribution in [0.3, 0.4) is 0 Å². The Morgan fingerprint density at radius 1 is 1.12 bits per heavy atom. The van der Waals surface area contributed by atoms with Gasteiger partial charge in [-0.25, -0.2) is 4.68 Å². The maximum Gasteiger partial charge on any atom is 0.280 e. The molecular formula is C25H27ClN4O3. The Balaban J connectivity index is 1.84. The lowest BCUT2D eigenvalue weighted by atomic mass is 9.90. The van der Waals surface area contributed by atoms with Gasteiger partial charge in [0.05, 0.1) is 21.8 Å². The van der Waals surface area contributed by atoms with Crippen LogP contribution in [0, 0.1) is 5.92 Å². The third kappa shape index (κ3) is 4.79. The average Bonchev–Trinajstić information content (AvgIpc) is 3.14. The molecule has 1 unspecified atom stereocenters. The molecule has 1 aliphatic heterocycles. The fourth-order valence-corrected chi connectivity index (χ4v) is 4.38. The predicted octanol–water partition coefficient (Wildman–Crippen LogP) is 2.70. The number of aromatic nitrogens is 2. The number of hydrogen-bond donors (Lipinski definition) is 1. The van der Waals surface area contributed by atoms with E-state index in [1.807, 2.05) is 49.2 Å². The molecule has 0 saturated carbocycles. The van der Waals surface area contributed by atoms with E-state index in [0.717, 1.165) is 11.3 Å². The minimum absolute atomic E-state index is 0.247. The van der Waals surface area contributed by atoms with E-state index >= 15 is 0 Å². The molecule has 2 aromatic carbocycles. The number of rotatable bonds is 9. The van der Waals surface area contributed by atoms with Gasteiger partial charge in [0.15, 0.2) is 5.49 Å². The van der Waals surface area contributed by atoms with Gasteiger partial charge in [-0.2, -0.15) is 4.99 Å². The third-order valence-electron chi connectivity index (χ3n) is 5.82. The lowest BCUT2D eigenvalue weighted by Gasteiger charge is -2.25. The first-order valence-corrected chi connectivity index (χ1v) is 11.4. The molecule has 1 aliphatic rings. The summed E-state index contributed by atoms with van der Waals surface area (Å²) in [6.07, 6.45) is 1.27. The summed E-state index contributed by atoms with van der Waals surface area (Å²) in [5.41, 5.74) is 2.30. The highest BCUT2D eigenvalue weighted by atomic mass is 35.5. The van der Waals surface area contributed by atoms with E-state index in [4.69, 9.17) is 16.3 Å².